The van der Waals surface area contributed by atoms with Crippen LogP contribution in [-0.4, -0.2) is 39.0 Å². The topological polar surface area (TPSA) is 83.9 Å². The molecule has 0 saturated carbocycles. The molecule has 1 fully saturated rings. The molecule has 6 nitrogen and oxygen atoms in total. The predicted molar refractivity (Wildman–Crippen MR) is 110 cm³/mol. The number of ether oxygens (including phenoxy) is 1. The van der Waals surface area contributed by atoms with Crippen molar-refractivity contribution in [3.8, 4) is 5.75 Å². The molecule has 2 amide bonds. The summed E-state index contributed by atoms with van der Waals surface area (Å²) in [6.07, 6.45) is 0.251. The summed E-state index contributed by atoms with van der Waals surface area (Å²) in [5.41, 5.74) is 1.46. The van der Waals surface area contributed by atoms with E-state index in [9.17, 15) is 14.4 Å². The summed E-state index contributed by atoms with van der Waals surface area (Å²) in [6.45, 7) is -0.304. The van der Waals surface area contributed by atoms with Gasteiger partial charge in [-0.05, 0) is 47.9 Å². The van der Waals surface area contributed by atoms with Crippen molar-refractivity contribution < 1.29 is 24.2 Å². The minimum absolute atomic E-state index is 0.180. The lowest BCUT2D eigenvalue weighted by molar-refractivity contribution is -0.139. The molecule has 0 bridgehead atoms. The first-order valence-corrected chi connectivity index (χ1v) is 10.3. The molecule has 2 aromatic rings. The van der Waals surface area contributed by atoms with Crippen molar-refractivity contribution in [1.29, 1.82) is 0 Å². The lowest BCUT2D eigenvalue weighted by Crippen LogP contribution is -2.31. The molecule has 0 spiro atoms. The number of hydrogen-bond acceptors (Lipinski definition) is 5. The van der Waals surface area contributed by atoms with Crippen LogP contribution in [0.5, 0.6) is 5.75 Å². The van der Waals surface area contributed by atoms with E-state index in [1.807, 2.05) is 0 Å². The summed E-state index contributed by atoms with van der Waals surface area (Å²) in [5.74, 6) is -0.999. The Labute approximate surface area is 178 Å². The van der Waals surface area contributed by atoms with Crippen molar-refractivity contribution in [2.24, 2.45) is 0 Å². The summed E-state index contributed by atoms with van der Waals surface area (Å²) in [5, 5.41) is 8.50. The molecular weight excluding hydrogens is 470 g/mol. The molecule has 1 aliphatic heterocycles. The van der Waals surface area contributed by atoms with Crippen molar-refractivity contribution in [1.82, 2.24) is 4.90 Å². The molecule has 9 heteroatoms. The second kappa shape index (κ2) is 8.98. The van der Waals surface area contributed by atoms with Gasteiger partial charge >= 0.3 is 5.97 Å². The number of carbonyl (C=O) groups is 3. The van der Waals surface area contributed by atoms with Crippen molar-refractivity contribution in [3.63, 3.8) is 0 Å². The van der Waals surface area contributed by atoms with Gasteiger partial charge < -0.3 is 9.84 Å². The Balaban J connectivity index is 1.74. The highest BCUT2D eigenvalue weighted by Crippen LogP contribution is 2.34. The van der Waals surface area contributed by atoms with Crippen LogP contribution in [-0.2, 0) is 22.6 Å². The van der Waals surface area contributed by atoms with Gasteiger partial charge in [0.1, 0.15) is 5.75 Å². The average molecular weight is 485 g/mol. The third kappa shape index (κ3) is 5.06. The first-order valence-electron chi connectivity index (χ1n) is 8.23. The van der Waals surface area contributed by atoms with E-state index >= 15 is 0 Å². The molecule has 2 aromatic carbocycles. The third-order valence-electron chi connectivity index (χ3n) is 4.04. The lowest BCUT2D eigenvalue weighted by atomic mass is 10.1. The number of benzene rings is 2. The van der Waals surface area contributed by atoms with Gasteiger partial charge in [-0.25, -0.2) is 4.79 Å². The van der Waals surface area contributed by atoms with E-state index in [0.717, 1.165) is 21.8 Å². The summed E-state index contributed by atoms with van der Waals surface area (Å²) in [4.78, 5) is 37.1. The van der Waals surface area contributed by atoms with E-state index in [1.165, 1.54) is 4.90 Å². The number of rotatable bonds is 7. The quantitative estimate of drug-likeness (QED) is 0.628. The molecule has 1 saturated heterocycles. The molecule has 146 valence electrons. The monoisotopic (exact) mass is 483 g/mol. The highest BCUT2D eigenvalue weighted by molar-refractivity contribution is 9.10. The van der Waals surface area contributed by atoms with E-state index in [2.05, 4.69) is 15.9 Å². The first kappa shape index (κ1) is 20.7. The second-order valence-electron chi connectivity index (χ2n) is 6.06. The van der Waals surface area contributed by atoms with Crippen LogP contribution in [0.2, 0.25) is 5.02 Å². The zero-order valence-electron chi connectivity index (χ0n) is 14.4. The highest BCUT2D eigenvalue weighted by atomic mass is 79.9. The molecular formula is C19H15BrClNO5S. The average Bonchev–Trinajstić information content (AvgIpc) is 2.90. The predicted octanol–water partition coefficient (Wildman–Crippen LogP) is 4.37. The number of carboxylic acid groups (broad SMARTS) is 1. The lowest BCUT2D eigenvalue weighted by Gasteiger charge is -2.15. The maximum Gasteiger partial charge on any atom is 0.341 e. The van der Waals surface area contributed by atoms with Gasteiger partial charge in [-0.3, -0.25) is 14.5 Å². The van der Waals surface area contributed by atoms with E-state index < -0.39 is 17.8 Å². The fourth-order valence-electron chi connectivity index (χ4n) is 2.73. The fraction of sp³-hybridized carbons (Fsp3) is 0.211. The van der Waals surface area contributed by atoms with Gasteiger partial charge in [0.25, 0.3) is 5.24 Å². The van der Waals surface area contributed by atoms with Gasteiger partial charge in [-0.2, -0.15) is 0 Å². The van der Waals surface area contributed by atoms with E-state index in [4.69, 9.17) is 21.4 Å². The minimum Gasteiger partial charge on any atom is -0.482 e. The summed E-state index contributed by atoms with van der Waals surface area (Å²) < 4.78 is 6.08. The fourth-order valence-corrected chi connectivity index (χ4v) is 4.28. The van der Waals surface area contributed by atoms with Gasteiger partial charge in [0.15, 0.2) is 6.61 Å². The summed E-state index contributed by atoms with van der Waals surface area (Å²) >= 11 is 10.2. The van der Waals surface area contributed by atoms with Gasteiger partial charge in [-0.15, -0.1) is 0 Å². The smallest absolute Gasteiger partial charge is 0.341 e. The molecule has 1 unspecified atom stereocenters. The number of carboxylic acids is 1. The minimum atomic E-state index is -1.09. The Hall–Kier alpha value is -2.03. The van der Waals surface area contributed by atoms with Crippen LogP contribution < -0.4 is 4.74 Å². The number of halogens is 2. The highest BCUT2D eigenvalue weighted by Gasteiger charge is 2.39. The van der Waals surface area contributed by atoms with E-state index in [-0.39, 0.29) is 24.1 Å². The Morgan fingerprint density at radius 1 is 1.21 bits per heavy atom. The van der Waals surface area contributed by atoms with Crippen LogP contribution >= 0.6 is 39.3 Å². The Morgan fingerprint density at radius 2 is 1.93 bits per heavy atom. The molecule has 0 aliphatic carbocycles. The zero-order valence-corrected chi connectivity index (χ0v) is 17.6. The van der Waals surface area contributed by atoms with Gasteiger partial charge in [0, 0.05) is 9.50 Å². The molecule has 0 radical (unpaired) electrons. The van der Waals surface area contributed by atoms with Crippen LogP contribution in [0.25, 0.3) is 0 Å². The SMILES string of the molecule is O=C(O)COc1ccc(Br)cc1CC1SC(=O)N(Cc2ccc(Cl)cc2)C1=O. The first-order chi connectivity index (χ1) is 13.3. The molecule has 0 aromatic heterocycles. The Bertz CT molecular complexity index is 921. The van der Waals surface area contributed by atoms with E-state index in [1.54, 1.807) is 42.5 Å². The Morgan fingerprint density at radius 3 is 2.61 bits per heavy atom. The molecule has 1 heterocycles. The van der Waals surface area contributed by atoms with Crippen molar-refractivity contribution in [2.45, 2.75) is 18.2 Å². The van der Waals surface area contributed by atoms with Crippen LogP contribution in [0.3, 0.4) is 0 Å². The standard InChI is InChI=1S/C19H15BrClNO5S/c20-13-3-6-15(27-10-17(23)24)12(7-13)8-16-18(25)22(19(26)28-16)9-11-1-4-14(21)5-2-11/h1-7,16H,8-10H2,(H,23,24). The van der Waals surface area contributed by atoms with Gasteiger partial charge in [-0.1, -0.05) is 51.4 Å². The van der Waals surface area contributed by atoms with E-state index in [0.29, 0.717) is 16.3 Å². The van der Waals surface area contributed by atoms with Gasteiger partial charge in [0.2, 0.25) is 5.91 Å². The summed E-state index contributed by atoms with van der Waals surface area (Å²) in [7, 11) is 0. The van der Waals surface area contributed by atoms with Crippen LogP contribution in [0.15, 0.2) is 46.9 Å². The van der Waals surface area contributed by atoms with Crippen LogP contribution in [0.1, 0.15) is 11.1 Å². The normalized spacial score (nSPS) is 16.5. The largest absolute Gasteiger partial charge is 0.482 e. The van der Waals surface area contributed by atoms with Crippen LogP contribution in [0, 0.1) is 0 Å². The second-order valence-corrected chi connectivity index (χ2v) is 8.57. The number of nitrogens with zero attached hydrogens (tertiary/aromatic N) is 1. The number of aliphatic carboxylic acids is 1. The molecule has 1 aliphatic rings. The third-order valence-corrected chi connectivity index (χ3v) is 5.86. The number of imide groups is 1. The molecule has 28 heavy (non-hydrogen) atoms. The van der Waals surface area contributed by atoms with Crippen LogP contribution in [0.4, 0.5) is 4.79 Å². The number of carbonyl (C=O) groups excluding carboxylic acids is 2. The Kier molecular flexibility index (Phi) is 6.64. The van der Waals surface area contributed by atoms with Crippen molar-refractivity contribution in [2.75, 3.05) is 6.61 Å². The molecule has 1 atom stereocenters. The maximum atomic E-state index is 12.8. The molecule has 1 N–H and O–H groups in total. The van der Waals surface area contributed by atoms with Crippen molar-refractivity contribution in [3.05, 3.63) is 63.1 Å². The summed E-state index contributed by atoms with van der Waals surface area (Å²) in [6, 6.07) is 12.1. The number of amides is 2. The maximum absolute atomic E-state index is 12.8. The van der Waals surface area contributed by atoms with Gasteiger partial charge in [0.05, 0.1) is 11.8 Å². The number of hydrogen-bond donors (Lipinski definition) is 1. The molecule has 3 rings (SSSR count). The van der Waals surface area contributed by atoms with Crippen molar-refractivity contribution >= 4 is 56.4 Å². The number of thioether (sulfide) groups is 1. The zero-order chi connectivity index (χ0) is 20.3.